The van der Waals surface area contributed by atoms with Crippen LogP contribution >= 0.6 is 0 Å². The van der Waals surface area contributed by atoms with Crippen LogP contribution in [0.15, 0.2) is 54.6 Å². The predicted octanol–water partition coefficient (Wildman–Crippen LogP) is 2.85. The Morgan fingerprint density at radius 3 is 2.42 bits per heavy atom. The van der Waals surface area contributed by atoms with Gasteiger partial charge in [0.05, 0.1) is 0 Å². The normalized spacial score (nSPS) is 11.9. The maximum atomic E-state index is 9.84. The van der Waals surface area contributed by atoms with Gasteiger partial charge in [-0.05, 0) is 31.2 Å². The Bertz CT molecular complexity index is 482. The van der Waals surface area contributed by atoms with Gasteiger partial charge in [0.1, 0.15) is 18.5 Å². The number of hydrogen-bond donors (Lipinski definition) is 2. The van der Waals surface area contributed by atoms with Crippen LogP contribution in [0.4, 0.5) is 5.69 Å². The van der Waals surface area contributed by atoms with E-state index in [1.165, 1.54) is 5.56 Å². The van der Waals surface area contributed by atoms with Crippen LogP contribution in [0.1, 0.15) is 5.56 Å². The Kier molecular flexibility index (Phi) is 4.81. The van der Waals surface area contributed by atoms with E-state index in [1.54, 1.807) is 0 Å². The highest BCUT2D eigenvalue weighted by molar-refractivity contribution is 5.42. The van der Waals surface area contributed by atoms with E-state index in [0.717, 1.165) is 11.4 Å². The van der Waals surface area contributed by atoms with E-state index in [9.17, 15) is 5.11 Å². The molecule has 0 heterocycles. The van der Waals surface area contributed by atoms with Crippen LogP contribution < -0.4 is 10.1 Å². The molecule has 2 rings (SSSR count). The van der Waals surface area contributed by atoms with Crippen molar-refractivity contribution >= 4 is 5.69 Å². The Labute approximate surface area is 113 Å². The van der Waals surface area contributed by atoms with Gasteiger partial charge in [-0.2, -0.15) is 0 Å². The Morgan fingerprint density at radius 2 is 1.74 bits per heavy atom. The SMILES string of the molecule is Cc1ccc(OCC(O)CNc2ccccc2)cc1. The minimum atomic E-state index is -0.540. The Balaban J connectivity index is 1.72. The molecule has 2 aromatic carbocycles. The maximum Gasteiger partial charge on any atom is 0.119 e. The summed E-state index contributed by atoms with van der Waals surface area (Å²) in [5.41, 5.74) is 2.19. The van der Waals surface area contributed by atoms with Crippen molar-refractivity contribution in [1.29, 1.82) is 0 Å². The summed E-state index contributed by atoms with van der Waals surface area (Å²) in [5, 5.41) is 13.0. The van der Waals surface area contributed by atoms with Gasteiger partial charge in [-0.15, -0.1) is 0 Å². The molecule has 2 aromatic rings. The average molecular weight is 257 g/mol. The van der Waals surface area contributed by atoms with Gasteiger partial charge < -0.3 is 15.2 Å². The third-order valence-electron chi connectivity index (χ3n) is 2.78. The fraction of sp³-hybridized carbons (Fsp3) is 0.250. The highest BCUT2D eigenvalue weighted by Gasteiger charge is 2.05. The third kappa shape index (κ3) is 4.64. The van der Waals surface area contributed by atoms with Crippen LogP contribution in [-0.2, 0) is 0 Å². The Hall–Kier alpha value is -2.00. The third-order valence-corrected chi connectivity index (χ3v) is 2.78. The highest BCUT2D eigenvalue weighted by Crippen LogP contribution is 2.11. The van der Waals surface area contributed by atoms with Gasteiger partial charge in [-0.3, -0.25) is 0 Å². The molecule has 0 saturated heterocycles. The quantitative estimate of drug-likeness (QED) is 0.836. The fourth-order valence-electron chi connectivity index (χ4n) is 1.68. The molecule has 0 amide bonds. The van der Waals surface area contributed by atoms with Crippen LogP contribution in [0.2, 0.25) is 0 Å². The topological polar surface area (TPSA) is 41.5 Å². The largest absolute Gasteiger partial charge is 0.491 e. The number of anilines is 1. The molecular formula is C16H19NO2. The van der Waals surface area contributed by atoms with Gasteiger partial charge in [0.2, 0.25) is 0 Å². The van der Waals surface area contributed by atoms with Gasteiger partial charge in [0.15, 0.2) is 0 Å². The standard InChI is InChI=1S/C16H19NO2/c1-13-7-9-16(10-8-13)19-12-15(18)11-17-14-5-3-2-4-6-14/h2-10,15,17-18H,11-12H2,1H3. The molecule has 0 aromatic heterocycles. The second-order valence-corrected chi connectivity index (χ2v) is 4.52. The zero-order chi connectivity index (χ0) is 13.5. The minimum absolute atomic E-state index is 0.281. The number of para-hydroxylation sites is 1. The zero-order valence-corrected chi connectivity index (χ0v) is 11.0. The van der Waals surface area contributed by atoms with E-state index in [0.29, 0.717) is 6.54 Å². The molecule has 0 aliphatic heterocycles. The predicted molar refractivity (Wildman–Crippen MR) is 77.6 cm³/mol. The van der Waals surface area contributed by atoms with E-state index in [2.05, 4.69) is 5.32 Å². The van der Waals surface area contributed by atoms with Crippen molar-refractivity contribution in [3.8, 4) is 5.75 Å². The summed E-state index contributed by atoms with van der Waals surface area (Å²) in [5.74, 6) is 0.782. The second-order valence-electron chi connectivity index (χ2n) is 4.52. The first kappa shape index (κ1) is 13.4. The molecule has 3 nitrogen and oxygen atoms in total. The van der Waals surface area contributed by atoms with Crippen LogP contribution in [0.3, 0.4) is 0 Å². The molecule has 1 unspecified atom stereocenters. The van der Waals surface area contributed by atoms with Gasteiger partial charge >= 0.3 is 0 Å². The maximum absolute atomic E-state index is 9.84. The van der Waals surface area contributed by atoms with Crippen LogP contribution in [0.25, 0.3) is 0 Å². The van der Waals surface area contributed by atoms with Gasteiger partial charge in [-0.1, -0.05) is 35.9 Å². The first-order chi connectivity index (χ1) is 9.24. The zero-order valence-electron chi connectivity index (χ0n) is 11.0. The summed E-state index contributed by atoms with van der Waals surface area (Å²) >= 11 is 0. The lowest BCUT2D eigenvalue weighted by atomic mass is 10.2. The molecule has 0 bridgehead atoms. The van der Waals surface area contributed by atoms with E-state index in [1.807, 2.05) is 61.5 Å². The molecule has 100 valence electrons. The number of benzene rings is 2. The summed E-state index contributed by atoms with van der Waals surface area (Å²) in [4.78, 5) is 0. The van der Waals surface area contributed by atoms with E-state index >= 15 is 0 Å². The number of rotatable bonds is 6. The number of hydrogen-bond acceptors (Lipinski definition) is 3. The molecule has 0 aliphatic carbocycles. The highest BCUT2D eigenvalue weighted by atomic mass is 16.5. The van der Waals surface area contributed by atoms with Crippen molar-refractivity contribution in [2.24, 2.45) is 0 Å². The number of aryl methyl sites for hydroxylation is 1. The fourth-order valence-corrected chi connectivity index (χ4v) is 1.68. The second kappa shape index (κ2) is 6.81. The van der Waals surface area contributed by atoms with Crippen molar-refractivity contribution < 1.29 is 9.84 Å². The summed E-state index contributed by atoms with van der Waals surface area (Å²) in [6, 6.07) is 17.6. The van der Waals surface area contributed by atoms with Crippen molar-refractivity contribution in [1.82, 2.24) is 0 Å². The molecule has 2 N–H and O–H groups in total. The lowest BCUT2D eigenvalue weighted by Gasteiger charge is -2.14. The van der Waals surface area contributed by atoms with Crippen molar-refractivity contribution in [3.63, 3.8) is 0 Å². The van der Waals surface area contributed by atoms with Crippen molar-refractivity contribution in [2.45, 2.75) is 13.0 Å². The molecule has 1 atom stereocenters. The number of aliphatic hydroxyl groups is 1. The molecule has 0 spiro atoms. The van der Waals surface area contributed by atoms with Crippen LogP contribution in [-0.4, -0.2) is 24.4 Å². The lowest BCUT2D eigenvalue weighted by Crippen LogP contribution is -2.26. The van der Waals surface area contributed by atoms with Crippen molar-refractivity contribution in [3.05, 3.63) is 60.2 Å². The summed E-state index contributed by atoms with van der Waals surface area (Å²) in [7, 11) is 0. The van der Waals surface area contributed by atoms with E-state index in [4.69, 9.17) is 4.74 Å². The van der Waals surface area contributed by atoms with E-state index < -0.39 is 6.10 Å². The molecule has 0 aliphatic rings. The first-order valence-electron chi connectivity index (χ1n) is 6.40. The Morgan fingerprint density at radius 1 is 1.05 bits per heavy atom. The molecule has 0 saturated carbocycles. The molecule has 3 heteroatoms. The summed E-state index contributed by atoms with van der Waals surface area (Å²) in [6.45, 7) is 2.78. The monoisotopic (exact) mass is 257 g/mol. The minimum Gasteiger partial charge on any atom is -0.491 e. The molecule has 0 fully saturated rings. The smallest absolute Gasteiger partial charge is 0.119 e. The molecule has 19 heavy (non-hydrogen) atoms. The van der Waals surface area contributed by atoms with E-state index in [-0.39, 0.29) is 6.61 Å². The number of aliphatic hydroxyl groups excluding tert-OH is 1. The summed E-state index contributed by atoms with van der Waals surface area (Å²) < 4.78 is 5.52. The number of ether oxygens (including phenoxy) is 1. The van der Waals surface area contributed by atoms with Crippen LogP contribution in [0, 0.1) is 6.92 Å². The molecule has 0 radical (unpaired) electrons. The lowest BCUT2D eigenvalue weighted by molar-refractivity contribution is 0.117. The summed E-state index contributed by atoms with van der Waals surface area (Å²) in [6.07, 6.45) is -0.540. The average Bonchev–Trinajstić information content (AvgIpc) is 2.45. The van der Waals surface area contributed by atoms with Gasteiger partial charge in [0, 0.05) is 12.2 Å². The van der Waals surface area contributed by atoms with Crippen LogP contribution in [0.5, 0.6) is 5.75 Å². The molecular weight excluding hydrogens is 238 g/mol. The number of nitrogens with one attached hydrogen (secondary N) is 1. The van der Waals surface area contributed by atoms with Gasteiger partial charge in [0.25, 0.3) is 0 Å². The van der Waals surface area contributed by atoms with Gasteiger partial charge in [-0.25, -0.2) is 0 Å². The first-order valence-corrected chi connectivity index (χ1v) is 6.40. The van der Waals surface area contributed by atoms with Crippen molar-refractivity contribution in [2.75, 3.05) is 18.5 Å².